The number of nitrogens with zero attached hydrogens (tertiary/aromatic N) is 1. The Morgan fingerprint density at radius 2 is 0.673 bits per heavy atom. The van der Waals surface area contributed by atoms with E-state index in [2.05, 4.69) is 6.92 Å². The standard InChI is InChI=1S/C36H73NO12/c1-6-7-8-9-10-11-12-13-15-39-17-19-41-21-23-43-25-27-45-29-31-47-33-34-48-32-30-46-28-26-44-24-22-42-20-18-40-16-14-37(5)35(38)49-36(2,3)4/h6-34H2,1-5H3. The minimum atomic E-state index is -0.507. The Morgan fingerprint density at radius 3 is 0.980 bits per heavy atom. The molecule has 0 aromatic carbocycles. The molecule has 0 aliphatic heterocycles. The molecule has 0 atom stereocenters. The van der Waals surface area contributed by atoms with Crippen LogP contribution in [0.3, 0.4) is 0 Å². The average molecular weight is 712 g/mol. The van der Waals surface area contributed by atoms with Gasteiger partial charge in [0.1, 0.15) is 5.60 Å². The first kappa shape index (κ1) is 47.9. The fourth-order valence-corrected chi connectivity index (χ4v) is 4.05. The van der Waals surface area contributed by atoms with E-state index in [9.17, 15) is 4.79 Å². The maximum atomic E-state index is 11.9. The number of ether oxygens (including phenoxy) is 11. The molecule has 0 aliphatic carbocycles. The second-order valence-corrected chi connectivity index (χ2v) is 12.5. The molecule has 0 saturated heterocycles. The summed E-state index contributed by atoms with van der Waals surface area (Å²) in [6, 6.07) is 0. The Balaban J connectivity index is 3.13. The van der Waals surface area contributed by atoms with Crippen LogP contribution in [0.5, 0.6) is 0 Å². The van der Waals surface area contributed by atoms with E-state index in [1.165, 1.54) is 49.8 Å². The van der Waals surface area contributed by atoms with Crippen molar-refractivity contribution in [1.29, 1.82) is 0 Å². The molecule has 0 saturated carbocycles. The molecule has 13 nitrogen and oxygen atoms in total. The van der Waals surface area contributed by atoms with E-state index < -0.39 is 5.60 Å². The molecule has 0 radical (unpaired) electrons. The lowest BCUT2D eigenvalue weighted by atomic mass is 10.1. The maximum absolute atomic E-state index is 11.9. The van der Waals surface area contributed by atoms with Gasteiger partial charge < -0.3 is 57.0 Å². The Hall–Kier alpha value is -1.13. The van der Waals surface area contributed by atoms with Gasteiger partial charge in [-0.05, 0) is 27.2 Å². The number of carbonyl (C=O) groups is 1. The fraction of sp³-hybridized carbons (Fsp3) is 0.972. The van der Waals surface area contributed by atoms with Gasteiger partial charge in [-0.3, -0.25) is 0 Å². The van der Waals surface area contributed by atoms with Crippen molar-refractivity contribution in [3.8, 4) is 0 Å². The van der Waals surface area contributed by atoms with Crippen LogP contribution >= 0.6 is 0 Å². The van der Waals surface area contributed by atoms with Gasteiger partial charge in [0, 0.05) is 20.2 Å². The van der Waals surface area contributed by atoms with Gasteiger partial charge in [0.15, 0.2) is 0 Å². The smallest absolute Gasteiger partial charge is 0.410 e. The fourth-order valence-electron chi connectivity index (χ4n) is 4.05. The van der Waals surface area contributed by atoms with Gasteiger partial charge in [-0.1, -0.05) is 51.9 Å². The van der Waals surface area contributed by atoms with E-state index >= 15 is 0 Å². The summed E-state index contributed by atoms with van der Waals surface area (Å²) in [6.07, 6.45) is 10.2. The lowest BCUT2D eigenvalue weighted by Gasteiger charge is -2.24. The highest BCUT2D eigenvalue weighted by Crippen LogP contribution is 2.09. The van der Waals surface area contributed by atoms with E-state index in [-0.39, 0.29) is 6.09 Å². The van der Waals surface area contributed by atoms with E-state index in [0.717, 1.165) is 13.0 Å². The zero-order valence-corrected chi connectivity index (χ0v) is 31.9. The van der Waals surface area contributed by atoms with Crippen LogP contribution in [-0.2, 0) is 52.1 Å². The minimum absolute atomic E-state index is 0.361. The first-order valence-electron chi connectivity index (χ1n) is 18.6. The Labute approximate surface area is 298 Å². The Morgan fingerprint density at radius 1 is 0.408 bits per heavy atom. The molecule has 0 bridgehead atoms. The van der Waals surface area contributed by atoms with E-state index in [0.29, 0.717) is 132 Å². The third kappa shape index (κ3) is 41.2. The number of unbranched alkanes of at least 4 members (excludes halogenated alkanes) is 7. The molecule has 49 heavy (non-hydrogen) atoms. The van der Waals surface area contributed by atoms with Crippen LogP contribution in [0.4, 0.5) is 4.79 Å². The van der Waals surface area contributed by atoms with Crippen molar-refractivity contribution >= 4 is 6.09 Å². The van der Waals surface area contributed by atoms with Gasteiger partial charge >= 0.3 is 6.09 Å². The van der Waals surface area contributed by atoms with Gasteiger partial charge in [-0.15, -0.1) is 0 Å². The molecule has 0 rings (SSSR count). The monoisotopic (exact) mass is 712 g/mol. The minimum Gasteiger partial charge on any atom is -0.444 e. The third-order valence-corrected chi connectivity index (χ3v) is 6.77. The van der Waals surface area contributed by atoms with E-state index in [4.69, 9.17) is 52.1 Å². The van der Waals surface area contributed by atoms with Crippen molar-refractivity contribution < 1.29 is 56.9 Å². The van der Waals surface area contributed by atoms with Crippen molar-refractivity contribution in [3.05, 3.63) is 0 Å². The highest BCUT2D eigenvalue weighted by molar-refractivity contribution is 5.67. The molecular formula is C36H73NO12. The van der Waals surface area contributed by atoms with Crippen LogP contribution in [0.15, 0.2) is 0 Å². The summed E-state index contributed by atoms with van der Waals surface area (Å²) in [5, 5.41) is 0. The summed E-state index contributed by atoms with van der Waals surface area (Å²) < 4.78 is 60.4. The van der Waals surface area contributed by atoms with Crippen LogP contribution in [0.1, 0.15) is 79.1 Å². The largest absolute Gasteiger partial charge is 0.444 e. The van der Waals surface area contributed by atoms with Gasteiger partial charge in [0.25, 0.3) is 0 Å². The topological polar surface area (TPSA) is 122 Å². The summed E-state index contributed by atoms with van der Waals surface area (Å²) in [4.78, 5) is 13.4. The number of hydrogen-bond donors (Lipinski definition) is 0. The molecule has 0 aromatic heterocycles. The third-order valence-electron chi connectivity index (χ3n) is 6.77. The lowest BCUT2D eigenvalue weighted by molar-refractivity contribution is -0.0267. The summed E-state index contributed by atoms with van der Waals surface area (Å²) in [5.41, 5.74) is -0.507. The first-order valence-corrected chi connectivity index (χ1v) is 18.6. The van der Waals surface area contributed by atoms with Crippen molar-refractivity contribution in [3.63, 3.8) is 0 Å². The van der Waals surface area contributed by atoms with Gasteiger partial charge in [-0.2, -0.15) is 0 Å². The molecular weight excluding hydrogens is 638 g/mol. The summed E-state index contributed by atoms with van der Waals surface area (Å²) in [7, 11) is 1.69. The second kappa shape index (κ2) is 38.1. The van der Waals surface area contributed by atoms with Crippen LogP contribution < -0.4 is 0 Å². The number of carbonyl (C=O) groups excluding carboxylic acids is 1. The molecule has 0 heterocycles. The maximum Gasteiger partial charge on any atom is 0.410 e. The molecule has 0 fully saturated rings. The Bertz CT molecular complexity index is 668. The number of amides is 1. The van der Waals surface area contributed by atoms with Crippen LogP contribution in [0, 0.1) is 0 Å². The molecule has 0 spiro atoms. The number of likely N-dealkylation sites (N-methyl/N-ethyl adjacent to an activating group) is 1. The average Bonchev–Trinajstić information content (AvgIpc) is 3.06. The quantitative estimate of drug-likeness (QED) is 0.0784. The molecule has 13 heteroatoms. The Kier molecular flexibility index (Phi) is 37.2. The van der Waals surface area contributed by atoms with Crippen LogP contribution in [-0.4, -0.2) is 162 Å². The predicted molar refractivity (Wildman–Crippen MR) is 190 cm³/mol. The predicted octanol–water partition coefficient (Wildman–Crippen LogP) is 5.16. The number of rotatable bonds is 39. The first-order chi connectivity index (χ1) is 23.9. The molecule has 0 unspecified atom stereocenters. The zero-order chi connectivity index (χ0) is 35.9. The van der Waals surface area contributed by atoms with Gasteiger partial charge in [0.05, 0.1) is 126 Å². The van der Waals surface area contributed by atoms with E-state index in [1.807, 2.05) is 20.8 Å². The summed E-state index contributed by atoms with van der Waals surface area (Å²) in [5.74, 6) is 0. The van der Waals surface area contributed by atoms with Gasteiger partial charge in [0.2, 0.25) is 0 Å². The van der Waals surface area contributed by atoms with Crippen LogP contribution in [0.25, 0.3) is 0 Å². The molecule has 294 valence electrons. The molecule has 0 N–H and O–H groups in total. The highest BCUT2D eigenvalue weighted by Gasteiger charge is 2.19. The molecule has 1 amide bonds. The van der Waals surface area contributed by atoms with Crippen molar-refractivity contribution in [2.75, 3.05) is 146 Å². The molecule has 0 aliphatic rings. The van der Waals surface area contributed by atoms with Gasteiger partial charge in [-0.25, -0.2) is 4.79 Å². The summed E-state index contributed by atoms with van der Waals surface area (Å²) in [6.45, 7) is 18.8. The molecule has 0 aromatic rings. The normalized spacial score (nSPS) is 11.8. The van der Waals surface area contributed by atoms with Crippen molar-refractivity contribution in [2.45, 2.75) is 84.7 Å². The second-order valence-electron chi connectivity index (χ2n) is 12.5. The SMILES string of the molecule is CCCCCCCCCCOCCOCCOCCOCCOCCOCCOCCOCCOCCOCCN(C)C(=O)OC(C)(C)C. The van der Waals surface area contributed by atoms with Crippen molar-refractivity contribution in [2.24, 2.45) is 0 Å². The van der Waals surface area contributed by atoms with Crippen molar-refractivity contribution in [1.82, 2.24) is 4.90 Å². The summed E-state index contributed by atoms with van der Waals surface area (Å²) >= 11 is 0. The lowest BCUT2D eigenvalue weighted by Crippen LogP contribution is -2.36. The van der Waals surface area contributed by atoms with Crippen LogP contribution in [0.2, 0.25) is 0 Å². The zero-order valence-electron chi connectivity index (χ0n) is 31.9. The number of hydrogen-bond acceptors (Lipinski definition) is 12. The highest BCUT2D eigenvalue weighted by atomic mass is 16.6. The van der Waals surface area contributed by atoms with E-state index in [1.54, 1.807) is 7.05 Å².